The van der Waals surface area contributed by atoms with Gasteiger partial charge in [-0.1, -0.05) is 12.8 Å². The summed E-state index contributed by atoms with van der Waals surface area (Å²) in [5.74, 6) is -0.0820. The van der Waals surface area contributed by atoms with Gasteiger partial charge in [0, 0.05) is 42.1 Å². The summed E-state index contributed by atoms with van der Waals surface area (Å²) in [5.41, 5.74) is 10.3. The molecule has 3 aromatic rings. The number of H-pyrrole nitrogens is 1. The Morgan fingerprint density at radius 2 is 1.86 bits per heavy atom. The third kappa shape index (κ3) is 4.98. The standard InChI is InChI=1S/C27H36N4O3S2/c1-3-36(33,34)31-10-8-18(9-11-31)25-15-29-26-23(25)13-19(14-24(26)27(28)32)20-12-22(35-17-20)16-30(2)21-6-4-5-7-21/h12-15,17-18,21,29H,3-11,16H2,1-2H3,(H2,28,32). The zero-order valence-corrected chi connectivity index (χ0v) is 22.8. The van der Waals surface area contributed by atoms with Crippen LogP contribution in [0.4, 0.5) is 0 Å². The van der Waals surface area contributed by atoms with Crippen molar-refractivity contribution in [2.24, 2.45) is 5.73 Å². The van der Waals surface area contributed by atoms with Crippen LogP contribution in [0, 0.1) is 0 Å². The first kappa shape index (κ1) is 25.4. The average molecular weight is 529 g/mol. The number of carbonyl (C=O) groups excluding carboxylic acids is 1. The van der Waals surface area contributed by atoms with Crippen molar-refractivity contribution in [1.29, 1.82) is 0 Å². The number of aromatic amines is 1. The van der Waals surface area contributed by atoms with Crippen LogP contribution in [0.3, 0.4) is 0 Å². The highest BCUT2D eigenvalue weighted by atomic mass is 32.2. The normalized spacial score (nSPS) is 18.5. The monoisotopic (exact) mass is 528 g/mol. The maximum Gasteiger partial charge on any atom is 0.250 e. The van der Waals surface area contributed by atoms with E-state index in [1.165, 1.54) is 30.6 Å². The fourth-order valence-electron chi connectivity index (χ4n) is 5.91. The number of thiophene rings is 1. The lowest BCUT2D eigenvalue weighted by atomic mass is 9.88. The van der Waals surface area contributed by atoms with E-state index in [2.05, 4.69) is 34.4 Å². The fourth-order valence-corrected chi connectivity index (χ4v) is 8.00. The van der Waals surface area contributed by atoms with Crippen LogP contribution >= 0.6 is 11.3 Å². The van der Waals surface area contributed by atoms with Crippen LogP contribution in [-0.4, -0.2) is 60.4 Å². The molecule has 9 heteroatoms. The van der Waals surface area contributed by atoms with Crippen molar-refractivity contribution in [3.8, 4) is 11.1 Å². The summed E-state index contributed by atoms with van der Waals surface area (Å²) in [6.45, 7) is 3.68. The van der Waals surface area contributed by atoms with Gasteiger partial charge in [0.15, 0.2) is 0 Å². The number of fused-ring (bicyclic) bond motifs is 1. The van der Waals surface area contributed by atoms with E-state index in [0.717, 1.165) is 47.0 Å². The van der Waals surface area contributed by atoms with Crippen molar-refractivity contribution >= 4 is 38.2 Å². The van der Waals surface area contributed by atoms with Gasteiger partial charge in [0.2, 0.25) is 10.0 Å². The molecule has 1 aliphatic carbocycles. The molecule has 3 N–H and O–H groups in total. The van der Waals surface area contributed by atoms with Crippen LogP contribution in [0.2, 0.25) is 0 Å². The molecule has 1 aliphatic heterocycles. The Balaban J connectivity index is 1.42. The second-order valence-corrected chi connectivity index (χ2v) is 13.5. The van der Waals surface area contributed by atoms with E-state index in [9.17, 15) is 13.2 Å². The fraction of sp³-hybridized carbons (Fsp3) is 0.519. The van der Waals surface area contributed by atoms with Crippen molar-refractivity contribution < 1.29 is 13.2 Å². The molecule has 2 aliphatic rings. The number of aromatic nitrogens is 1. The van der Waals surface area contributed by atoms with Gasteiger partial charge in [-0.15, -0.1) is 11.3 Å². The van der Waals surface area contributed by atoms with Gasteiger partial charge in [-0.2, -0.15) is 0 Å². The Kier molecular flexibility index (Phi) is 7.27. The van der Waals surface area contributed by atoms with Gasteiger partial charge >= 0.3 is 0 Å². The van der Waals surface area contributed by atoms with Crippen LogP contribution in [0.1, 0.15) is 72.2 Å². The molecule has 7 nitrogen and oxygen atoms in total. The lowest BCUT2D eigenvalue weighted by Gasteiger charge is -2.31. The predicted octanol–water partition coefficient (Wildman–Crippen LogP) is 4.90. The lowest BCUT2D eigenvalue weighted by Crippen LogP contribution is -2.38. The number of nitrogens with zero attached hydrogens (tertiary/aromatic N) is 2. The molecule has 3 heterocycles. The molecule has 1 aromatic carbocycles. The molecule has 0 unspecified atom stereocenters. The summed E-state index contributed by atoms with van der Waals surface area (Å²) in [5, 5.41) is 3.18. The van der Waals surface area contributed by atoms with Crippen molar-refractivity contribution in [2.45, 2.75) is 64.0 Å². The lowest BCUT2D eigenvalue weighted by molar-refractivity contribution is 0.100. The van der Waals surface area contributed by atoms with Crippen LogP contribution in [0.5, 0.6) is 0 Å². The van der Waals surface area contributed by atoms with E-state index in [1.54, 1.807) is 22.6 Å². The molecule has 1 amide bonds. The molecule has 1 saturated carbocycles. The number of nitrogens with one attached hydrogen (secondary N) is 1. The van der Waals surface area contributed by atoms with Crippen molar-refractivity contribution in [3.05, 3.63) is 45.8 Å². The Labute approximate surface area is 217 Å². The summed E-state index contributed by atoms with van der Waals surface area (Å²) in [4.78, 5) is 19.5. The first-order chi connectivity index (χ1) is 17.3. The average Bonchev–Trinajstić information content (AvgIpc) is 3.64. The molecule has 0 atom stereocenters. The van der Waals surface area contributed by atoms with Gasteiger partial charge in [-0.3, -0.25) is 9.69 Å². The summed E-state index contributed by atoms with van der Waals surface area (Å²) in [6, 6.07) is 6.97. The van der Waals surface area contributed by atoms with Crippen LogP contribution in [0.25, 0.3) is 22.0 Å². The highest BCUT2D eigenvalue weighted by Crippen LogP contribution is 2.38. The minimum absolute atomic E-state index is 0.134. The van der Waals surface area contributed by atoms with Crippen molar-refractivity contribution in [1.82, 2.24) is 14.2 Å². The third-order valence-electron chi connectivity index (χ3n) is 8.08. The first-order valence-corrected chi connectivity index (χ1v) is 15.5. The van der Waals surface area contributed by atoms with Crippen molar-refractivity contribution in [2.75, 3.05) is 25.9 Å². The summed E-state index contributed by atoms with van der Waals surface area (Å²) in [7, 11) is -0.949. The summed E-state index contributed by atoms with van der Waals surface area (Å²) in [6.07, 6.45) is 8.72. The van der Waals surface area contributed by atoms with E-state index in [4.69, 9.17) is 5.73 Å². The quantitative estimate of drug-likeness (QED) is 0.434. The number of hydrogen-bond donors (Lipinski definition) is 2. The number of sulfonamides is 1. The van der Waals surface area contributed by atoms with E-state index in [-0.39, 0.29) is 11.7 Å². The predicted molar refractivity (Wildman–Crippen MR) is 147 cm³/mol. The molecule has 0 bridgehead atoms. The largest absolute Gasteiger partial charge is 0.366 e. The van der Waals surface area contributed by atoms with Crippen LogP contribution < -0.4 is 5.73 Å². The molecule has 0 spiro atoms. The first-order valence-electron chi connectivity index (χ1n) is 13.0. The van der Waals surface area contributed by atoms with E-state index in [1.807, 2.05) is 12.3 Å². The number of primary amides is 1. The molecule has 36 heavy (non-hydrogen) atoms. The minimum atomic E-state index is -3.17. The molecular formula is C27H36N4O3S2. The van der Waals surface area contributed by atoms with Crippen LogP contribution in [-0.2, 0) is 16.6 Å². The number of benzene rings is 1. The number of amides is 1. The van der Waals surface area contributed by atoms with Gasteiger partial charge < -0.3 is 10.7 Å². The molecule has 5 rings (SSSR count). The third-order valence-corrected chi connectivity index (χ3v) is 10.9. The summed E-state index contributed by atoms with van der Waals surface area (Å²) >= 11 is 1.76. The summed E-state index contributed by atoms with van der Waals surface area (Å²) < 4.78 is 26.2. The Morgan fingerprint density at radius 3 is 2.53 bits per heavy atom. The van der Waals surface area contributed by atoms with Gasteiger partial charge in [0.25, 0.3) is 5.91 Å². The van der Waals surface area contributed by atoms with Gasteiger partial charge in [0.1, 0.15) is 0 Å². The number of carbonyl (C=O) groups is 1. The number of hydrogen-bond acceptors (Lipinski definition) is 5. The van der Waals surface area contributed by atoms with Gasteiger partial charge in [-0.25, -0.2) is 12.7 Å². The highest BCUT2D eigenvalue weighted by Gasteiger charge is 2.29. The number of piperidine rings is 1. The molecule has 2 fully saturated rings. The second kappa shape index (κ2) is 10.3. The Morgan fingerprint density at radius 1 is 1.14 bits per heavy atom. The molecule has 2 aromatic heterocycles. The topological polar surface area (TPSA) is 99.5 Å². The van der Waals surface area contributed by atoms with Crippen molar-refractivity contribution in [3.63, 3.8) is 0 Å². The zero-order valence-electron chi connectivity index (χ0n) is 21.1. The number of nitrogens with two attached hydrogens (primary N) is 1. The maximum absolute atomic E-state index is 12.4. The molecule has 1 saturated heterocycles. The number of rotatable bonds is 8. The molecule has 194 valence electrons. The molecule has 0 radical (unpaired) electrons. The maximum atomic E-state index is 12.4. The van der Waals surface area contributed by atoms with E-state index >= 15 is 0 Å². The Hall–Kier alpha value is -2.20. The highest BCUT2D eigenvalue weighted by molar-refractivity contribution is 7.89. The van der Waals surface area contributed by atoms with Gasteiger partial charge in [-0.05, 0) is 85.8 Å². The Bertz CT molecular complexity index is 1350. The van der Waals surface area contributed by atoms with Gasteiger partial charge in [0.05, 0.1) is 16.8 Å². The second-order valence-electron chi connectivity index (χ2n) is 10.3. The van der Waals surface area contributed by atoms with E-state index < -0.39 is 15.9 Å². The van der Waals surface area contributed by atoms with Crippen LogP contribution in [0.15, 0.2) is 29.8 Å². The zero-order chi connectivity index (χ0) is 25.4. The SMILES string of the molecule is CCS(=O)(=O)N1CCC(c2c[nH]c3c(C(N)=O)cc(-c4csc(CN(C)C5CCCC5)c4)cc23)CC1. The minimum Gasteiger partial charge on any atom is -0.366 e. The van der Waals surface area contributed by atoms with E-state index in [0.29, 0.717) is 24.7 Å². The smallest absolute Gasteiger partial charge is 0.250 e. The molecular weight excluding hydrogens is 492 g/mol.